The summed E-state index contributed by atoms with van der Waals surface area (Å²) in [4.78, 5) is 26.4. The van der Waals surface area contributed by atoms with Gasteiger partial charge in [0, 0.05) is 17.7 Å². The second kappa shape index (κ2) is 6.31. The molecule has 1 N–H and O–H groups in total. The fraction of sp³-hybridized carbons (Fsp3) is 0.444. The molecule has 0 atom stereocenters. The number of nitrogens with zero attached hydrogens (tertiary/aromatic N) is 1. The van der Waals surface area contributed by atoms with Gasteiger partial charge in [0.25, 0.3) is 5.91 Å². The molecule has 0 spiro atoms. The maximum Gasteiger partial charge on any atom is 0.329 e. The molecule has 0 bridgehead atoms. The summed E-state index contributed by atoms with van der Waals surface area (Å²) in [6.07, 6.45) is 6.65. The Hall–Kier alpha value is -2.70. The Morgan fingerprint density at radius 1 is 1.16 bits per heavy atom. The molecule has 0 radical (unpaired) electrons. The molecule has 2 heterocycles. The summed E-state index contributed by atoms with van der Waals surface area (Å²) in [5, 5.41) is 2.69. The van der Waals surface area contributed by atoms with Crippen LogP contribution in [0.5, 0.6) is 17.2 Å². The zero-order valence-electron chi connectivity index (χ0n) is 14.0. The minimum Gasteiger partial charge on any atom is -0.496 e. The molecule has 2 fully saturated rings. The maximum absolute atomic E-state index is 12.7. The van der Waals surface area contributed by atoms with Gasteiger partial charge in [0.1, 0.15) is 11.4 Å². The van der Waals surface area contributed by atoms with Gasteiger partial charge in [-0.3, -0.25) is 9.69 Å². The van der Waals surface area contributed by atoms with Crippen molar-refractivity contribution in [3.8, 4) is 17.2 Å². The van der Waals surface area contributed by atoms with Gasteiger partial charge in [-0.2, -0.15) is 0 Å². The third-order valence-corrected chi connectivity index (χ3v) is 4.87. The molecule has 7 heteroatoms. The van der Waals surface area contributed by atoms with Crippen LogP contribution in [0.2, 0.25) is 0 Å². The van der Waals surface area contributed by atoms with Crippen LogP contribution in [0.4, 0.5) is 4.79 Å². The molecular weight excluding hydrogens is 324 g/mol. The van der Waals surface area contributed by atoms with E-state index in [-0.39, 0.29) is 30.5 Å². The molecule has 132 valence electrons. The van der Waals surface area contributed by atoms with Gasteiger partial charge in [0.15, 0.2) is 11.5 Å². The monoisotopic (exact) mass is 344 g/mol. The minimum atomic E-state index is -0.345. The quantitative estimate of drug-likeness (QED) is 0.674. The van der Waals surface area contributed by atoms with Crippen molar-refractivity contribution in [1.82, 2.24) is 10.2 Å². The van der Waals surface area contributed by atoms with Gasteiger partial charge >= 0.3 is 6.03 Å². The first-order chi connectivity index (χ1) is 12.2. The van der Waals surface area contributed by atoms with Crippen LogP contribution in [0.1, 0.15) is 37.7 Å². The fourth-order valence-corrected chi connectivity index (χ4v) is 3.60. The number of nitrogens with one attached hydrogen (secondary N) is 1. The summed E-state index contributed by atoms with van der Waals surface area (Å²) in [5.74, 6) is 1.46. The first-order valence-corrected chi connectivity index (χ1v) is 8.51. The number of ether oxygens (including phenoxy) is 3. The highest BCUT2D eigenvalue weighted by Crippen LogP contribution is 2.39. The molecular formula is C18H20N2O5. The van der Waals surface area contributed by atoms with Crippen molar-refractivity contribution in [3.05, 3.63) is 23.4 Å². The van der Waals surface area contributed by atoms with Crippen molar-refractivity contribution in [2.75, 3.05) is 13.9 Å². The van der Waals surface area contributed by atoms with E-state index in [1.807, 2.05) is 0 Å². The van der Waals surface area contributed by atoms with E-state index in [2.05, 4.69) is 5.32 Å². The van der Waals surface area contributed by atoms with Crippen LogP contribution in [-0.2, 0) is 4.79 Å². The lowest BCUT2D eigenvalue weighted by Crippen LogP contribution is -2.41. The van der Waals surface area contributed by atoms with Crippen LogP contribution in [0.25, 0.3) is 6.08 Å². The van der Waals surface area contributed by atoms with Crippen LogP contribution in [0.15, 0.2) is 17.8 Å². The third-order valence-electron chi connectivity index (χ3n) is 4.87. The summed E-state index contributed by atoms with van der Waals surface area (Å²) in [7, 11) is 1.54. The number of carbonyl (C=O) groups excluding carboxylic acids is 2. The zero-order valence-corrected chi connectivity index (χ0v) is 14.0. The highest BCUT2D eigenvalue weighted by Gasteiger charge is 2.39. The van der Waals surface area contributed by atoms with E-state index in [1.54, 1.807) is 25.3 Å². The van der Waals surface area contributed by atoms with Gasteiger partial charge in [-0.15, -0.1) is 0 Å². The molecule has 3 amide bonds. The standard InChI is InChI=1S/C18H20N2O5/c1-23-14-9-16-15(24-10-25-16)8-11(14)7-13-17(21)20(18(22)19-13)12-5-3-2-4-6-12/h7-9,12H,2-6,10H2,1H3,(H,19,22)/b13-7-. The number of carbonyl (C=O) groups is 2. The van der Waals surface area contributed by atoms with E-state index < -0.39 is 0 Å². The van der Waals surface area contributed by atoms with Crippen LogP contribution >= 0.6 is 0 Å². The number of methoxy groups -OCH3 is 1. The topological polar surface area (TPSA) is 77.1 Å². The fourth-order valence-electron chi connectivity index (χ4n) is 3.60. The second-order valence-corrected chi connectivity index (χ2v) is 6.40. The van der Waals surface area contributed by atoms with E-state index in [9.17, 15) is 9.59 Å². The predicted octanol–water partition coefficient (Wildman–Crippen LogP) is 2.65. The number of hydrogen-bond donors (Lipinski definition) is 1. The Labute approximate surface area is 145 Å². The number of fused-ring (bicyclic) bond motifs is 1. The van der Waals surface area contributed by atoms with E-state index >= 15 is 0 Å². The Morgan fingerprint density at radius 2 is 1.88 bits per heavy atom. The molecule has 1 aromatic carbocycles. The van der Waals surface area contributed by atoms with Crippen molar-refractivity contribution >= 4 is 18.0 Å². The Bertz CT molecular complexity index is 752. The van der Waals surface area contributed by atoms with Crippen LogP contribution in [0.3, 0.4) is 0 Å². The molecule has 0 unspecified atom stereocenters. The molecule has 7 nitrogen and oxygen atoms in total. The first-order valence-electron chi connectivity index (χ1n) is 8.51. The molecule has 4 rings (SSSR count). The summed E-state index contributed by atoms with van der Waals surface area (Å²) < 4.78 is 16.1. The molecule has 1 saturated carbocycles. The summed E-state index contributed by atoms with van der Waals surface area (Å²) in [5.41, 5.74) is 0.911. The minimum absolute atomic E-state index is 0.00852. The molecule has 25 heavy (non-hydrogen) atoms. The summed E-state index contributed by atoms with van der Waals surface area (Å²) in [6, 6.07) is 3.11. The second-order valence-electron chi connectivity index (χ2n) is 6.40. The van der Waals surface area contributed by atoms with Crippen molar-refractivity contribution in [1.29, 1.82) is 0 Å². The van der Waals surface area contributed by atoms with Gasteiger partial charge in [-0.05, 0) is 25.0 Å². The predicted molar refractivity (Wildman–Crippen MR) is 89.3 cm³/mol. The lowest BCUT2D eigenvalue weighted by molar-refractivity contribution is -0.124. The lowest BCUT2D eigenvalue weighted by Gasteiger charge is -2.28. The highest BCUT2D eigenvalue weighted by atomic mass is 16.7. The zero-order chi connectivity index (χ0) is 17.4. The molecule has 3 aliphatic rings. The van der Waals surface area contributed by atoms with E-state index in [0.717, 1.165) is 32.1 Å². The first kappa shape index (κ1) is 15.8. The smallest absolute Gasteiger partial charge is 0.329 e. The van der Waals surface area contributed by atoms with Gasteiger partial charge in [-0.25, -0.2) is 4.79 Å². The number of imide groups is 1. The van der Waals surface area contributed by atoms with Crippen molar-refractivity contribution in [3.63, 3.8) is 0 Å². The van der Waals surface area contributed by atoms with Gasteiger partial charge in [-0.1, -0.05) is 19.3 Å². The Kier molecular flexibility index (Phi) is 3.99. The highest BCUT2D eigenvalue weighted by molar-refractivity contribution is 6.14. The number of amides is 3. The number of urea groups is 1. The molecule has 0 aromatic heterocycles. The molecule has 1 aliphatic carbocycles. The van der Waals surface area contributed by atoms with Crippen molar-refractivity contribution in [2.45, 2.75) is 38.1 Å². The van der Waals surface area contributed by atoms with Gasteiger partial charge < -0.3 is 19.5 Å². The van der Waals surface area contributed by atoms with Crippen LogP contribution in [0, 0.1) is 0 Å². The number of hydrogen-bond acceptors (Lipinski definition) is 5. The number of rotatable bonds is 3. The van der Waals surface area contributed by atoms with Crippen LogP contribution in [-0.4, -0.2) is 36.8 Å². The van der Waals surface area contributed by atoms with E-state index in [0.29, 0.717) is 22.8 Å². The SMILES string of the molecule is COc1cc2c(cc1/C=C1\NC(=O)N(C3CCCCC3)C1=O)OCO2. The maximum atomic E-state index is 12.7. The Balaban J connectivity index is 1.64. The van der Waals surface area contributed by atoms with Crippen molar-refractivity contribution < 1.29 is 23.8 Å². The largest absolute Gasteiger partial charge is 0.496 e. The Morgan fingerprint density at radius 3 is 2.60 bits per heavy atom. The average Bonchev–Trinajstić information content (AvgIpc) is 3.19. The number of benzene rings is 1. The average molecular weight is 344 g/mol. The van der Waals surface area contributed by atoms with Gasteiger partial charge in [0.2, 0.25) is 6.79 Å². The molecule has 1 saturated heterocycles. The van der Waals surface area contributed by atoms with Crippen molar-refractivity contribution in [2.24, 2.45) is 0 Å². The molecule has 1 aromatic rings. The molecule has 2 aliphatic heterocycles. The van der Waals surface area contributed by atoms with Crippen LogP contribution < -0.4 is 19.5 Å². The van der Waals surface area contributed by atoms with Gasteiger partial charge in [0.05, 0.1) is 7.11 Å². The summed E-state index contributed by atoms with van der Waals surface area (Å²) in [6.45, 7) is 0.156. The van der Waals surface area contributed by atoms with E-state index in [4.69, 9.17) is 14.2 Å². The third kappa shape index (κ3) is 2.79. The summed E-state index contributed by atoms with van der Waals surface area (Å²) >= 11 is 0. The van der Waals surface area contributed by atoms with E-state index in [1.165, 1.54) is 4.90 Å². The normalized spacial score (nSPS) is 21.8. The lowest BCUT2D eigenvalue weighted by atomic mass is 9.94.